The van der Waals surface area contributed by atoms with Crippen LogP contribution in [-0.4, -0.2) is 30.4 Å². The van der Waals surface area contributed by atoms with Crippen LogP contribution in [0.1, 0.15) is 15.9 Å². The first-order chi connectivity index (χ1) is 11.9. The zero-order chi connectivity index (χ0) is 19.8. The molecule has 0 saturated heterocycles. The van der Waals surface area contributed by atoms with Crippen molar-refractivity contribution in [3.8, 4) is 0 Å². The molecule has 140 valence electrons. The smallest absolute Gasteiger partial charge is 0.369 e. The van der Waals surface area contributed by atoms with Gasteiger partial charge in [0.1, 0.15) is 0 Å². The number of benzene rings is 2. The number of carbonyl (C=O) groups is 1. The number of rotatable bonds is 3. The molecule has 0 atom stereocenters. The van der Waals surface area contributed by atoms with Crippen LogP contribution in [-0.2, 0) is 5.60 Å². The van der Waals surface area contributed by atoms with E-state index in [0.29, 0.717) is 11.0 Å². The Balaban J connectivity index is 2.62. The third-order valence-corrected chi connectivity index (χ3v) is 3.80. The molecular weight excluding hydrogens is 364 g/mol. The molecule has 2 rings (SSSR count). The molecule has 1 amide bonds. The van der Waals surface area contributed by atoms with Gasteiger partial charge in [-0.25, -0.2) is 0 Å². The lowest BCUT2D eigenvalue weighted by atomic mass is 9.90. The summed E-state index contributed by atoms with van der Waals surface area (Å²) in [4.78, 5) is 13.0. The van der Waals surface area contributed by atoms with Crippen molar-refractivity contribution in [2.75, 3.05) is 11.9 Å². The number of hydrogen-bond donors (Lipinski definition) is 1. The average Bonchev–Trinajstić information content (AvgIpc) is 2.58. The molecule has 0 spiro atoms. The number of hydrogen-bond acceptors (Lipinski definition) is 2. The highest BCUT2D eigenvalue weighted by Gasteiger charge is 2.72. The maximum absolute atomic E-state index is 13.2. The molecular formula is C17H13F6NO2. The molecule has 0 aliphatic heterocycles. The Hall–Kier alpha value is -2.55. The molecule has 1 N–H and O–H groups in total. The Labute approximate surface area is 144 Å². The van der Waals surface area contributed by atoms with Crippen LogP contribution in [0.4, 0.5) is 32.0 Å². The number of nitrogens with zero attached hydrogens (tertiary/aromatic N) is 1. The lowest BCUT2D eigenvalue weighted by Gasteiger charge is -2.35. The normalized spacial score (nSPS) is 12.8. The summed E-state index contributed by atoms with van der Waals surface area (Å²) in [5.74, 6) is -0.829. The van der Waals surface area contributed by atoms with Crippen molar-refractivity contribution in [3.05, 3.63) is 65.7 Å². The summed E-state index contributed by atoms with van der Waals surface area (Å²) in [6.07, 6.45) is -12.1. The predicted molar refractivity (Wildman–Crippen MR) is 81.6 cm³/mol. The zero-order valence-electron chi connectivity index (χ0n) is 13.3. The first kappa shape index (κ1) is 19.8. The summed E-state index contributed by atoms with van der Waals surface area (Å²) in [5.41, 5.74) is -7.25. The van der Waals surface area contributed by atoms with E-state index < -0.39 is 35.1 Å². The maximum atomic E-state index is 13.2. The summed E-state index contributed by atoms with van der Waals surface area (Å²) >= 11 is 0. The minimum Gasteiger partial charge on any atom is -0.369 e. The summed E-state index contributed by atoms with van der Waals surface area (Å²) in [6, 6.07) is 10.8. The van der Waals surface area contributed by atoms with E-state index in [-0.39, 0.29) is 5.56 Å². The molecule has 2 aromatic rings. The number of aliphatic hydroxyl groups is 1. The van der Waals surface area contributed by atoms with Gasteiger partial charge in [-0.05, 0) is 18.2 Å². The molecule has 0 radical (unpaired) electrons. The van der Waals surface area contributed by atoms with Crippen molar-refractivity contribution < 1.29 is 36.2 Å². The standard InChI is InChI=1S/C17H13F6NO2/c1-24(14(25)11-7-3-2-4-8-11)13-10-6-5-9-12(13)15(26,16(18,19)20)17(21,22)23/h2-10,26H,1H3. The van der Waals surface area contributed by atoms with Crippen molar-refractivity contribution in [3.63, 3.8) is 0 Å². The molecule has 0 saturated carbocycles. The molecule has 0 aliphatic rings. The highest BCUT2D eigenvalue weighted by atomic mass is 19.4. The Morgan fingerprint density at radius 1 is 0.846 bits per heavy atom. The zero-order valence-corrected chi connectivity index (χ0v) is 13.3. The lowest BCUT2D eigenvalue weighted by Crippen LogP contribution is -2.54. The molecule has 3 nitrogen and oxygen atoms in total. The van der Waals surface area contributed by atoms with Gasteiger partial charge in [-0.1, -0.05) is 36.4 Å². The summed E-state index contributed by atoms with van der Waals surface area (Å²) in [7, 11) is 1.03. The largest absolute Gasteiger partial charge is 0.430 e. The van der Waals surface area contributed by atoms with E-state index in [1.165, 1.54) is 30.3 Å². The van der Waals surface area contributed by atoms with Crippen LogP contribution in [0.25, 0.3) is 0 Å². The number of halogens is 6. The fraction of sp³-hybridized carbons (Fsp3) is 0.235. The van der Waals surface area contributed by atoms with Crippen LogP contribution in [0.5, 0.6) is 0 Å². The van der Waals surface area contributed by atoms with Crippen LogP contribution in [0.3, 0.4) is 0 Å². The predicted octanol–water partition coefficient (Wildman–Crippen LogP) is 4.28. The summed E-state index contributed by atoms with van der Waals surface area (Å²) in [5, 5.41) is 9.65. The van der Waals surface area contributed by atoms with Crippen molar-refractivity contribution >= 4 is 11.6 Å². The van der Waals surface area contributed by atoms with Gasteiger partial charge < -0.3 is 10.0 Å². The van der Waals surface area contributed by atoms with Gasteiger partial charge in [0.2, 0.25) is 0 Å². The van der Waals surface area contributed by atoms with Gasteiger partial charge in [-0.2, -0.15) is 26.3 Å². The molecule has 0 bridgehead atoms. The van der Waals surface area contributed by atoms with Crippen molar-refractivity contribution in [2.45, 2.75) is 18.0 Å². The van der Waals surface area contributed by atoms with Gasteiger partial charge in [0.15, 0.2) is 0 Å². The minimum absolute atomic E-state index is 0.0624. The number of anilines is 1. The summed E-state index contributed by atoms with van der Waals surface area (Å²) < 4.78 is 79.1. The molecule has 0 unspecified atom stereocenters. The molecule has 0 heterocycles. The quantitative estimate of drug-likeness (QED) is 0.812. The first-order valence-electron chi connectivity index (χ1n) is 7.19. The van der Waals surface area contributed by atoms with Crippen LogP contribution >= 0.6 is 0 Å². The fourth-order valence-electron chi connectivity index (χ4n) is 2.42. The SMILES string of the molecule is CN(C(=O)c1ccccc1)c1ccccc1C(O)(C(F)(F)F)C(F)(F)F. The minimum atomic E-state index is -6.04. The highest BCUT2D eigenvalue weighted by Crippen LogP contribution is 2.52. The van der Waals surface area contributed by atoms with Crippen molar-refractivity contribution in [1.82, 2.24) is 0 Å². The van der Waals surface area contributed by atoms with Gasteiger partial charge in [0, 0.05) is 18.2 Å². The second-order valence-electron chi connectivity index (χ2n) is 5.45. The van der Waals surface area contributed by atoms with Gasteiger partial charge in [0.25, 0.3) is 11.5 Å². The molecule has 9 heteroatoms. The molecule has 2 aromatic carbocycles. The van der Waals surface area contributed by atoms with Crippen LogP contribution in [0, 0.1) is 0 Å². The van der Waals surface area contributed by atoms with E-state index in [1.807, 2.05) is 0 Å². The van der Waals surface area contributed by atoms with E-state index in [9.17, 15) is 36.2 Å². The highest BCUT2D eigenvalue weighted by molar-refractivity contribution is 6.06. The Kier molecular flexibility index (Phi) is 5.05. The van der Waals surface area contributed by atoms with Crippen molar-refractivity contribution in [1.29, 1.82) is 0 Å². The third kappa shape index (κ3) is 3.26. The van der Waals surface area contributed by atoms with Gasteiger partial charge >= 0.3 is 12.4 Å². The second kappa shape index (κ2) is 6.64. The summed E-state index contributed by atoms with van der Waals surface area (Å²) in [6.45, 7) is 0. The van der Waals surface area contributed by atoms with Crippen LogP contribution in [0.2, 0.25) is 0 Å². The van der Waals surface area contributed by atoms with Crippen LogP contribution < -0.4 is 4.90 Å². The van der Waals surface area contributed by atoms with Gasteiger partial charge in [-0.3, -0.25) is 4.79 Å². The maximum Gasteiger partial charge on any atom is 0.430 e. The third-order valence-electron chi connectivity index (χ3n) is 3.80. The number of para-hydroxylation sites is 1. The van der Waals surface area contributed by atoms with E-state index in [4.69, 9.17) is 0 Å². The molecule has 0 aliphatic carbocycles. The average molecular weight is 377 g/mol. The first-order valence-corrected chi connectivity index (χ1v) is 7.19. The molecule has 26 heavy (non-hydrogen) atoms. The van der Waals surface area contributed by atoms with E-state index in [2.05, 4.69) is 0 Å². The Morgan fingerprint density at radius 3 is 1.81 bits per heavy atom. The monoisotopic (exact) mass is 377 g/mol. The Bertz CT molecular complexity index is 772. The van der Waals surface area contributed by atoms with Gasteiger partial charge in [0.05, 0.1) is 5.69 Å². The number of carbonyl (C=O) groups excluding carboxylic acids is 1. The number of amides is 1. The topological polar surface area (TPSA) is 40.5 Å². The fourth-order valence-corrected chi connectivity index (χ4v) is 2.42. The van der Waals surface area contributed by atoms with Gasteiger partial charge in [-0.15, -0.1) is 0 Å². The van der Waals surface area contributed by atoms with E-state index in [0.717, 1.165) is 19.2 Å². The second-order valence-corrected chi connectivity index (χ2v) is 5.45. The van der Waals surface area contributed by atoms with Crippen LogP contribution in [0.15, 0.2) is 54.6 Å². The van der Waals surface area contributed by atoms with E-state index >= 15 is 0 Å². The molecule has 0 aromatic heterocycles. The number of alkyl halides is 6. The Morgan fingerprint density at radius 2 is 1.31 bits per heavy atom. The lowest BCUT2D eigenvalue weighted by molar-refractivity contribution is -0.376. The molecule has 0 fully saturated rings. The van der Waals surface area contributed by atoms with Crippen molar-refractivity contribution in [2.24, 2.45) is 0 Å². The van der Waals surface area contributed by atoms with E-state index in [1.54, 1.807) is 6.07 Å².